The summed E-state index contributed by atoms with van der Waals surface area (Å²) in [5.41, 5.74) is 0. The number of rotatable bonds is 3. The van der Waals surface area contributed by atoms with Gasteiger partial charge in [0.25, 0.3) is 0 Å². The maximum atomic E-state index is 12.2. The summed E-state index contributed by atoms with van der Waals surface area (Å²) in [6.45, 7) is 2.34. The van der Waals surface area contributed by atoms with Crippen LogP contribution in [0.15, 0.2) is 17.5 Å². The van der Waals surface area contributed by atoms with Crippen LogP contribution in [0.4, 0.5) is 0 Å². The lowest BCUT2D eigenvalue weighted by molar-refractivity contribution is -0.146. The lowest BCUT2D eigenvalue weighted by atomic mass is 9.93. The molecule has 1 amide bonds. The van der Waals surface area contributed by atoms with Crippen molar-refractivity contribution in [3.05, 3.63) is 22.4 Å². The molecular formula is C13H17NO3S. The topological polar surface area (TPSA) is 57.6 Å². The molecule has 0 saturated carbocycles. The predicted octanol–water partition coefficient (Wildman–Crippen LogP) is 2.00. The third kappa shape index (κ3) is 2.90. The molecule has 1 fully saturated rings. The Hall–Kier alpha value is -1.36. The Morgan fingerprint density at radius 2 is 2.28 bits per heavy atom. The van der Waals surface area contributed by atoms with Gasteiger partial charge in [0.1, 0.15) is 0 Å². The van der Waals surface area contributed by atoms with E-state index < -0.39 is 11.9 Å². The minimum atomic E-state index is -0.796. The molecule has 0 radical (unpaired) electrons. The van der Waals surface area contributed by atoms with E-state index in [9.17, 15) is 9.59 Å². The van der Waals surface area contributed by atoms with E-state index in [1.165, 1.54) is 0 Å². The number of carboxylic acids is 1. The van der Waals surface area contributed by atoms with Crippen molar-refractivity contribution >= 4 is 23.2 Å². The van der Waals surface area contributed by atoms with Crippen LogP contribution >= 0.6 is 11.3 Å². The lowest BCUT2D eigenvalue weighted by Crippen LogP contribution is -2.47. The second-order valence-electron chi connectivity index (χ2n) is 4.76. The van der Waals surface area contributed by atoms with Crippen molar-refractivity contribution in [1.29, 1.82) is 0 Å². The zero-order valence-electron chi connectivity index (χ0n) is 10.3. The van der Waals surface area contributed by atoms with Gasteiger partial charge >= 0.3 is 5.97 Å². The number of likely N-dealkylation sites (tertiary alicyclic amines) is 1. The van der Waals surface area contributed by atoms with E-state index in [0.29, 0.717) is 19.4 Å². The van der Waals surface area contributed by atoms with Crippen LogP contribution in [0.5, 0.6) is 0 Å². The molecule has 1 aliphatic heterocycles. The molecule has 18 heavy (non-hydrogen) atoms. The van der Waals surface area contributed by atoms with Crippen molar-refractivity contribution in [2.45, 2.75) is 32.2 Å². The van der Waals surface area contributed by atoms with Crippen LogP contribution in [0.1, 0.15) is 24.6 Å². The summed E-state index contributed by atoms with van der Waals surface area (Å²) in [6, 6.07) is 4.01. The average molecular weight is 267 g/mol. The van der Waals surface area contributed by atoms with Gasteiger partial charge in [0.15, 0.2) is 0 Å². The Morgan fingerprint density at radius 1 is 1.50 bits per heavy atom. The van der Waals surface area contributed by atoms with Gasteiger partial charge in [-0.3, -0.25) is 9.59 Å². The Kier molecular flexibility index (Phi) is 4.01. The van der Waals surface area contributed by atoms with Crippen LogP contribution in [-0.2, 0) is 16.0 Å². The summed E-state index contributed by atoms with van der Waals surface area (Å²) in [4.78, 5) is 26.0. The first-order valence-electron chi connectivity index (χ1n) is 6.12. The smallest absolute Gasteiger partial charge is 0.308 e. The van der Waals surface area contributed by atoms with Crippen molar-refractivity contribution in [2.24, 2.45) is 5.92 Å². The monoisotopic (exact) mass is 267 g/mol. The number of hydrogen-bond acceptors (Lipinski definition) is 3. The summed E-state index contributed by atoms with van der Waals surface area (Å²) < 4.78 is 0. The zero-order valence-corrected chi connectivity index (χ0v) is 11.2. The fourth-order valence-electron chi connectivity index (χ4n) is 2.32. The molecule has 98 valence electrons. The first kappa shape index (κ1) is 13.1. The van der Waals surface area contributed by atoms with Gasteiger partial charge in [-0.05, 0) is 31.2 Å². The van der Waals surface area contributed by atoms with E-state index in [2.05, 4.69) is 0 Å². The fourth-order valence-corrected chi connectivity index (χ4v) is 3.02. The first-order chi connectivity index (χ1) is 8.58. The van der Waals surface area contributed by atoms with Gasteiger partial charge in [0.05, 0.1) is 12.3 Å². The van der Waals surface area contributed by atoms with Crippen LogP contribution in [0.3, 0.4) is 0 Å². The number of piperidine rings is 1. The van der Waals surface area contributed by atoms with Crippen molar-refractivity contribution in [3.8, 4) is 0 Å². The number of amides is 1. The fraction of sp³-hybridized carbons (Fsp3) is 0.538. The summed E-state index contributed by atoms with van der Waals surface area (Å²) in [6.07, 6.45) is 1.82. The minimum Gasteiger partial charge on any atom is -0.481 e. The molecule has 4 nitrogen and oxygen atoms in total. The molecule has 0 aliphatic carbocycles. The predicted molar refractivity (Wildman–Crippen MR) is 69.6 cm³/mol. The normalized spacial score (nSPS) is 23.9. The highest BCUT2D eigenvalue weighted by Crippen LogP contribution is 2.23. The van der Waals surface area contributed by atoms with E-state index >= 15 is 0 Å². The third-order valence-electron chi connectivity index (χ3n) is 3.46. The number of nitrogens with zero attached hydrogens (tertiary/aromatic N) is 1. The molecule has 1 aromatic heterocycles. The maximum Gasteiger partial charge on any atom is 0.308 e. The molecule has 2 atom stereocenters. The van der Waals surface area contributed by atoms with Gasteiger partial charge < -0.3 is 10.0 Å². The molecule has 0 bridgehead atoms. The van der Waals surface area contributed by atoms with E-state index in [1.807, 2.05) is 24.4 Å². The molecule has 1 aromatic rings. The number of thiophene rings is 1. The second-order valence-corrected chi connectivity index (χ2v) is 5.80. The molecule has 2 rings (SSSR count). The highest BCUT2D eigenvalue weighted by atomic mass is 32.1. The molecule has 1 N–H and O–H groups in total. The van der Waals surface area contributed by atoms with E-state index in [-0.39, 0.29) is 11.9 Å². The van der Waals surface area contributed by atoms with Crippen molar-refractivity contribution in [2.75, 3.05) is 6.54 Å². The van der Waals surface area contributed by atoms with Crippen LogP contribution in [0, 0.1) is 5.92 Å². The number of hydrogen-bond donors (Lipinski definition) is 1. The summed E-state index contributed by atoms with van der Waals surface area (Å²) in [5, 5.41) is 11.0. The summed E-state index contributed by atoms with van der Waals surface area (Å²) in [7, 11) is 0. The highest BCUT2D eigenvalue weighted by molar-refractivity contribution is 7.10. The first-order valence-corrected chi connectivity index (χ1v) is 7.00. The number of carbonyl (C=O) groups excluding carboxylic acids is 1. The average Bonchev–Trinajstić information content (AvgIpc) is 2.81. The standard InChI is InChI=1S/C13H17NO3S/c1-9-4-5-10(13(16)17)8-14(9)12(15)7-11-3-2-6-18-11/h2-3,6,9-10H,4-5,7-8H2,1H3,(H,16,17)/t9-,10+/m0/s1. The van der Waals surface area contributed by atoms with Gasteiger partial charge in [0, 0.05) is 17.5 Å². The summed E-state index contributed by atoms with van der Waals surface area (Å²) >= 11 is 1.56. The Morgan fingerprint density at radius 3 is 2.89 bits per heavy atom. The Bertz CT molecular complexity index is 429. The van der Waals surface area contributed by atoms with Crippen molar-refractivity contribution in [1.82, 2.24) is 4.90 Å². The number of carbonyl (C=O) groups is 2. The molecule has 0 unspecified atom stereocenters. The van der Waals surface area contributed by atoms with E-state index in [0.717, 1.165) is 11.3 Å². The Balaban J connectivity index is 2.01. The molecule has 1 saturated heterocycles. The van der Waals surface area contributed by atoms with Crippen LogP contribution in [0.25, 0.3) is 0 Å². The SMILES string of the molecule is C[C@H]1CC[C@@H](C(=O)O)CN1C(=O)Cc1cccs1. The zero-order chi connectivity index (χ0) is 13.1. The van der Waals surface area contributed by atoms with Crippen LogP contribution in [-0.4, -0.2) is 34.5 Å². The van der Waals surface area contributed by atoms with Gasteiger partial charge in [0.2, 0.25) is 5.91 Å². The number of aliphatic carboxylic acids is 1. The van der Waals surface area contributed by atoms with Crippen LogP contribution in [0.2, 0.25) is 0 Å². The van der Waals surface area contributed by atoms with Crippen molar-refractivity contribution < 1.29 is 14.7 Å². The van der Waals surface area contributed by atoms with Gasteiger partial charge in [-0.15, -0.1) is 11.3 Å². The van der Waals surface area contributed by atoms with E-state index in [1.54, 1.807) is 16.2 Å². The van der Waals surface area contributed by atoms with Crippen molar-refractivity contribution in [3.63, 3.8) is 0 Å². The van der Waals surface area contributed by atoms with Gasteiger partial charge in [-0.25, -0.2) is 0 Å². The molecule has 0 aromatic carbocycles. The summed E-state index contributed by atoms with van der Waals surface area (Å²) in [5.74, 6) is -1.17. The molecular weight excluding hydrogens is 250 g/mol. The van der Waals surface area contributed by atoms with Gasteiger partial charge in [-0.1, -0.05) is 6.07 Å². The largest absolute Gasteiger partial charge is 0.481 e. The van der Waals surface area contributed by atoms with E-state index in [4.69, 9.17) is 5.11 Å². The van der Waals surface area contributed by atoms with Crippen LogP contribution < -0.4 is 0 Å². The molecule has 0 spiro atoms. The lowest BCUT2D eigenvalue weighted by Gasteiger charge is -2.36. The third-order valence-corrected chi connectivity index (χ3v) is 4.33. The quantitative estimate of drug-likeness (QED) is 0.911. The van der Waals surface area contributed by atoms with Gasteiger partial charge in [-0.2, -0.15) is 0 Å². The molecule has 1 aliphatic rings. The Labute approximate surface area is 110 Å². The maximum absolute atomic E-state index is 12.2. The molecule has 5 heteroatoms. The number of carboxylic acid groups (broad SMARTS) is 1. The molecule has 2 heterocycles. The minimum absolute atomic E-state index is 0.0379. The second kappa shape index (κ2) is 5.52. The highest BCUT2D eigenvalue weighted by Gasteiger charge is 2.32.